The van der Waals surface area contributed by atoms with Crippen LogP contribution in [0.5, 0.6) is 5.75 Å². The first-order valence-electron chi connectivity index (χ1n) is 16.1. The molecule has 12 heteroatoms. The molecule has 1 aliphatic rings. The Balaban J connectivity index is 0.973. The van der Waals surface area contributed by atoms with E-state index in [4.69, 9.17) is 14.2 Å². The van der Waals surface area contributed by atoms with E-state index >= 15 is 0 Å². The normalized spacial score (nSPS) is 17.9. The van der Waals surface area contributed by atoms with Gasteiger partial charge in [-0.2, -0.15) is 15.5 Å². The van der Waals surface area contributed by atoms with E-state index in [9.17, 15) is 10.1 Å². The number of ether oxygens (including phenoxy) is 3. The molecule has 248 valence electrons. The second-order valence-corrected chi connectivity index (χ2v) is 11.9. The van der Waals surface area contributed by atoms with Crippen molar-refractivity contribution < 1.29 is 14.2 Å². The lowest BCUT2D eigenvalue weighted by molar-refractivity contribution is -0.191. The SMILES string of the molecule is CCC(C)n1ncn(-c2ccc(NCCNc3ccc(OC[C@@H]4CO[C@@](Cn5cccn5)(c5ccc(C#N)cc5C)O4)cc3)cc2)c1=O. The highest BCUT2D eigenvalue weighted by atomic mass is 16.8. The Labute approximate surface area is 279 Å². The Morgan fingerprint density at radius 2 is 1.79 bits per heavy atom. The van der Waals surface area contributed by atoms with Crippen LogP contribution in [0.2, 0.25) is 0 Å². The van der Waals surface area contributed by atoms with Crippen molar-refractivity contribution in [1.29, 1.82) is 5.26 Å². The van der Waals surface area contributed by atoms with E-state index in [2.05, 4.69) is 26.9 Å². The first-order valence-corrected chi connectivity index (χ1v) is 16.1. The monoisotopic (exact) mass is 648 g/mol. The van der Waals surface area contributed by atoms with Crippen molar-refractivity contribution in [2.24, 2.45) is 0 Å². The van der Waals surface area contributed by atoms with Gasteiger partial charge in [0.05, 0.1) is 36.5 Å². The van der Waals surface area contributed by atoms with E-state index in [1.54, 1.807) is 27.8 Å². The van der Waals surface area contributed by atoms with Gasteiger partial charge in [0.1, 0.15) is 24.8 Å². The molecule has 0 aliphatic carbocycles. The van der Waals surface area contributed by atoms with Crippen molar-refractivity contribution >= 4 is 11.4 Å². The second-order valence-electron chi connectivity index (χ2n) is 11.9. The molecule has 1 unspecified atom stereocenters. The summed E-state index contributed by atoms with van der Waals surface area (Å²) in [6.45, 7) is 8.45. The van der Waals surface area contributed by atoms with Gasteiger partial charge in [-0.3, -0.25) is 4.68 Å². The molecule has 0 bridgehead atoms. The lowest BCUT2D eigenvalue weighted by atomic mass is 9.98. The zero-order valence-corrected chi connectivity index (χ0v) is 27.4. The molecular formula is C36H40N8O4. The van der Waals surface area contributed by atoms with Gasteiger partial charge in [0.2, 0.25) is 5.79 Å². The van der Waals surface area contributed by atoms with E-state index in [0.717, 1.165) is 40.4 Å². The van der Waals surface area contributed by atoms with Crippen molar-refractivity contribution in [2.45, 2.75) is 51.7 Å². The molecule has 2 aromatic heterocycles. The molecule has 1 fully saturated rings. The smallest absolute Gasteiger partial charge is 0.350 e. The van der Waals surface area contributed by atoms with Gasteiger partial charge in [-0.15, -0.1) is 0 Å². The summed E-state index contributed by atoms with van der Waals surface area (Å²) in [6, 6.07) is 25.2. The van der Waals surface area contributed by atoms with Crippen molar-refractivity contribution in [2.75, 3.05) is 36.9 Å². The topological polar surface area (TPSA) is 133 Å². The number of anilines is 2. The molecule has 12 nitrogen and oxygen atoms in total. The van der Waals surface area contributed by atoms with Gasteiger partial charge in [0.15, 0.2) is 0 Å². The number of hydrogen-bond acceptors (Lipinski definition) is 9. The van der Waals surface area contributed by atoms with Gasteiger partial charge in [0.25, 0.3) is 0 Å². The van der Waals surface area contributed by atoms with E-state index in [1.807, 2.05) is 93.7 Å². The number of hydrogen-bond donors (Lipinski definition) is 2. The number of aromatic nitrogens is 5. The van der Waals surface area contributed by atoms with E-state index in [0.29, 0.717) is 38.4 Å². The molecule has 6 rings (SSSR count). The number of benzene rings is 3. The third-order valence-electron chi connectivity index (χ3n) is 8.48. The number of rotatable bonds is 14. The summed E-state index contributed by atoms with van der Waals surface area (Å²) in [4.78, 5) is 12.7. The van der Waals surface area contributed by atoms with Gasteiger partial charge < -0.3 is 24.8 Å². The zero-order valence-electron chi connectivity index (χ0n) is 27.4. The largest absolute Gasteiger partial charge is 0.491 e. The molecule has 0 radical (unpaired) electrons. The Kier molecular flexibility index (Phi) is 9.89. The Morgan fingerprint density at radius 1 is 1.06 bits per heavy atom. The molecule has 2 N–H and O–H groups in total. The third kappa shape index (κ3) is 7.27. The van der Waals surface area contributed by atoms with E-state index < -0.39 is 5.79 Å². The van der Waals surface area contributed by atoms with Crippen LogP contribution in [0.1, 0.15) is 43.0 Å². The van der Waals surface area contributed by atoms with Gasteiger partial charge in [-0.1, -0.05) is 13.0 Å². The molecule has 1 aliphatic heterocycles. The summed E-state index contributed by atoms with van der Waals surface area (Å²) in [7, 11) is 0. The molecular weight excluding hydrogens is 608 g/mol. The molecule has 0 spiro atoms. The zero-order chi connectivity index (χ0) is 33.5. The highest BCUT2D eigenvalue weighted by molar-refractivity contribution is 5.50. The van der Waals surface area contributed by atoms with Crippen molar-refractivity contribution in [3.05, 3.63) is 119 Å². The number of nitrogens with zero attached hydrogens (tertiary/aromatic N) is 6. The minimum absolute atomic E-state index is 0.0591. The molecule has 0 saturated carbocycles. The van der Waals surface area contributed by atoms with Crippen molar-refractivity contribution in [3.8, 4) is 17.5 Å². The summed E-state index contributed by atoms with van der Waals surface area (Å²) in [5.74, 6) is -0.311. The molecule has 5 aromatic rings. The van der Waals surface area contributed by atoms with Crippen LogP contribution in [0.3, 0.4) is 0 Å². The van der Waals surface area contributed by atoms with Crippen LogP contribution in [0.15, 0.2) is 96.3 Å². The van der Waals surface area contributed by atoms with Crippen LogP contribution in [-0.4, -0.2) is 56.5 Å². The fourth-order valence-electron chi connectivity index (χ4n) is 5.70. The average Bonchev–Trinajstić information content (AvgIpc) is 3.87. The van der Waals surface area contributed by atoms with Gasteiger partial charge in [0, 0.05) is 42.4 Å². The summed E-state index contributed by atoms with van der Waals surface area (Å²) in [5.41, 5.74) is 4.96. The highest BCUT2D eigenvalue weighted by Gasteiger charge is 2.45. The van der Waals surface area contributed by atoms with Crippen molar-refractivity contribution in [3.63, 3.8) is 0 Å². The average molecular weight is 649 g/mol. The van der Waals surface area contributed by atoms with Gasteiger partial charge in [-0.25, -0.2) is 14.0 Å². The van der Waals surface area contributed by atoms with Crippen LogP contribution in [0.25, 0.3) is 5.69 Å². The van der Waals surface area contributed by atoms with Crippen LogP contribution in [0.4, 0.5) is 11.4 Å². The van der Waals surface area contributed by atoms with Crippen LogP contribution >= 0.6 is 0 Å². The fourth-order valence-corrected chi connectivity index (χ4v) is 5.70. The first kappa shape index (κ1) is 32.6. The molecule has 0 amide bonds. The van der Waals surface area contributed by atoms with Crippen LogP contribution in [0, 0.1) is 18.3 Å². The second kappa shape index (κ2) is 14.6. The fraction of sp³-hybridized carbons (Fsp3) is 0.333. The molecule has 3 heterocycles. The highest BCUT2D eigenvalue weighted by Crippen LogP contribution is 2.38. The summed E-state index contributed by atoms with van der Waals surface area (Å²) in [5, 5.41) is 24.8. The van der Waals surface area contributed by atoms with Crippen molar-refractivity contribution in [1.82, 2.24) is 24.1 Å². The maximum Gasteiger partial charge on any atom is 0.350 e. The van der Waals surface area contributed by atoms with Gasteiger partial charge in [-0.05, 0) is 92.6 Å². The molecule has 3 aromatic carbocycles. The molecule has 3 atom stereocenters. The van der Waals surface area contributed by atoms with E-state index in [1.165, 1.54) is 4.68 Å². The van der Waals surface area contributed by atoms with Crippen LogP contribution in [-0.2, 0) is 21.8 Å². The lowest BCUT2D eigenvalue weighted by Gasteiger charge is -2.30. The quantitative estimate of drug-likeness (QED) is 0.155. The maximum absolute atomic E-state index is 12.7. The van der Waals surface area contributed by atoms with E-state index in [-0.39, 0.29) is 17.8 Å². The predicted octanol–water partition coefficient (Wildman–Crippen LogP) is 5.25. The minimum Gasteiger partial charge on any atom is -0.491 e. The first-order chi connectivity index (χ1) is 23.4. The Bertz CT molecular complexity index is 1890. The molecule has 1 saturated heterocycles. The standard InChI is InChI=1S/C36H40N8O4/c1-4-27(3)44-35(45)43(25-41-44)31-11-7-29(8-12-31)38-17-18-39-30-9-13-32(14-10-30)46-22-33-23-47-36(48-33,24-42-19-5-16-40-42)34-15-6-28(21-37)20-26(34)2/h5-16,19-20,25,27,33,38-39H,4,17-18,22-24H2,1-3H3/t27?,33-,36-/m1/s1. The summed E-state index contributed by atoms with van der Waals surface area (Å²) in [6.07, 6.45) is 5.71. The Morgan fingerprint density at radius 3 is 2.44 bits per heavy atom. The third-order valence-corrected chi connectivity index (χ3v) is 8.48. The lowest BCUT2D eigenvalue weighted by Crippen LogP contribution is -2.35. The number of aryl methyl sites for hydroxylation is 1. The maximum atomic E-state index is 12.7. The number of nitrogens with one attached hydrogen (secondary N) is 2. The molecule has 48 heavy (non-hydrogen) atoms. The predicted molar refractivity (Wildman–Crippen MR) is 182 cm³/mol. The number of nitriles is 1. The summed E-state index contributed by atoms with van der Waals surface area (Å²) < 4.78 is 23.8. The minimum atomic E-state index is -1.04. The van der Waals surface area contributed by atoms with Gasteiger partial charge >= 0.3 is 5.69 Å². The Hall–Kier alpha value is -5.38. The van der Waals surface area contributed by atoms with Crippen LogP contribution < -0.4 is 21.1 Å². The summed E-state index contributed by atoms with van der Waals surface area (Å²) >= 11 is 0.